The van der Waals surface area contributed by atoms with Gasteiger partial charge in [0.2, 0.25) is 0 Å². The number of nitrogens with zero attached hydrogens (tertiary/aromatic N) is 1. The second kappa shape index (κ2) is 5.91. The van der Waals surface area contributed by atoms with Gasteiger partial charge in [-0.05, 0) is 34.1 Å². The van der Waals surface area contributed by atoms with Gasteiger partial charge in [0.25, 0.3) is 0 Å². The van der Waals surface area contributed by atoms with Gasteiger partial charge in [-0.1, -0.05) is 17.6 Å². The molecule has 0 saturated carbocycles. The Hall–Kier alpha value is -1.79. The number of halogens is 1. The van der Waals surface area contributed by atoms with Gasteiger partial charge in [-0.25, -0.2) is 0 Å². The number of phenols is 1. The molecule has 0 bridgehead atoms. The molecule has 2 aromatic carbocycles. The van der Waals surface area contributed by atoms with Crippen molar-refractivity contribution >= 4 is 41.1 Å². The molecule has 6 heteroatoms. The minimum Gasteiger partial charge on any atom is -0.506 e. The van der Waals surface area contributed by atoms with Crippen molar-refractivity contribution in [3.8, 4) is 11.5 Å². The second-order valence-electron chi connectivity index (χ2n) is 4.85. The third kappa shape index (κ3) is 3.11. The van der Waals surface area contributed by atoms with E-state index in [2.05, 4.69) is 20.9 Å². The number of hydrogen-bond acceptors (Lipinski definition) is 4. The number of hydrogen-bond donors (Lipinski definition) is 1. The van der Waals surface area contributed by atoms with Crippen LogP contribution in [0.1, 0.15) is 11.1 Å². The predicted octanol–water partition coefficient (Wildman–Crippen LogP) is 2.03. The van der Waals surface area contributed by atoms with Gasteiger partial charge in [-0.15, -0.1) is 0 Å². The Morgan fingerprint density at radius 3 is 3.00 bits per heavy atom. The molecule has 0 fully saturated rings. The molecule has 0 aromatic heterocycles. The monoisotopic (exact) mass is 345 g/mol. The minimum atomic E-state index is 0.189. The maximum atomic E-state index is 10.0. The number of aromatic hydroxyl groups is 1. The van der Waals surface area contributed by atoms with E-state index in [-0.39, 0.29) is 5.75 Å². The summed E-state index contributed by atoms with van der Waals surface area (Å²) >= 11 is 3.33. The average molecular weight is 346 g/mol. The van der Waals surface area contributed by atoms with Gasteiger partial charge in [0.15, 0.2) is 6.79 Å². The van der Waals surface area contributed by atoms with Crippen LogP contribution in [0.5, 0.6) is 11.5 Å². The summed E-state index contributed by atoms with van der Waals surface area (Å²) in [6.07, 6.45) is 1.65. The van der Waals surface area contributed by atoms with Gasteiger partial charge in [0, 0.05) is 17.3 Å². The standard InChI is InChI=1S/C15H13BBrNO3/c16-11-3-9(15(19)13(17)5-11)6-18-12-1-2-14-10(4-12)7-20-8-21-14/h1-6,19H,7-8,16H2/b18-6+. The highest BCUT2D eigenvalue weighted by Gasteiger charge is 2.10. The smallest absolute Gasteiger partial charge is 0.189 e. The van der Waals surface area contributed by atoms with Gasteiger partial charge in [-0.2, -0.15) is 0 Å². The Balaban J connectivity index is 1.89. The van der Waals surface area contributed by atoms with Crippen LogP contribution in [-0.4, -0.2) is 26.0 Å². The second-order valence-corrected chi connectivity index (χ2v) is 5.70. The van der Waals surface area contributed by atoms with E-state index >= 15 is 0 Å². The summed E-state index contributed by atoms with van der Waals surface area (Å²) in [7, 11) is 1.97. The number of phenolic OH excluding ortho intramolecular Hbond substituents is 1. The lowest BCUT2D eigenvalue weighted by molar-refractivity contribution is -0.0163. The van der Waals surface area contributed by atoms with Crippen molar-refractivity contribution in [2.75, 3.05) is 6.79 Å². The van der Waals surface area contributed by atoms with Crippen LogP contribution in [0, 0.1) is 0 Å². The highest BCUT2D eigenvalue weighted by molar-refractivity contribution is 9.10. The van der Waals surface area contributed by atoms with E-state index in [9.17, 15) is 5.11 Å². The van der Waals surface area contributed by atoms with Crippen molar-refractivity contribution in [1.29, 1.82) is 0 Å². The van der Waals surface area contributed by atoms with E-state index in [4.69, 9.17) is 9.47 Å². The summed E-state index contributed by atoms with van der Waals surface area (Å²) in [6.45, 7) is 0.820. The Morgan fingerprint density at radius 1 is 1.29 bits per heavy atom. The van der Waals surface area contributed by atoms with Crippen LogP contribution in [0.2, 0.25) is 0 Å². The molecule has 1 aliphatic rings. The third-order valence-corrected chi connectivity index (χ3v) is 3.79. The number of benzene rings is 2. The first-order valence-corrected chi connectivity index (χ1v) is 7.29. The van der Waals surface area contributed by atoms with Crippen LogP contribution >= 0.6 is 15.9 Å². The van der Waals surface area contributed by atoms with Gasteiger partial charge >= 0.3 is 0 Å². The number of aliphatic imine (C=N–C) groups is 1. The van der Waals surface area contributed by atoms with Crippen molar-refractivity contribution < 1.29 is 14.6 Å². The normalized spacial score (nSPS) is 14.0. The first-order chi connectivity index (χ1) is 10.1. The molecule has 2 aromatic rings. The van der Waals surface area contributed by atoms with Crippen LogP contribution in [0.3, 0.4) is 0 Å². The zero-order valence-corrected chi connectivity index (χ0v) is 13.1. The van der Waals surface area contributed by atoms with Gasteiger partial charge < -0.3 is 14.6 Å². The molecular formula is C15H13BBrNO3. The molecule has 0 atom stereocenters. The zero-order chi connectivity index (χ0) is 14.8. The maximum Gasteiger partial charge on any atom is 0.189 e. The molecule has 0 unspecified atom stereocenters. The van der Waals surface area contributed by atoms with Crippen LogP contribution in [-0.2, 0) is 11.3 Å². The number of ether oxygens (including phenoxy) is 2. The minimum absolute atomic E-state index is 0.189. The molecule has 4 nitrogen and oxygen atoms in total. The molecular weight excluding hydrogens is 333 g/mol. The SMILES string of the molecule is Bc1cc(Br)c(O)c(/C=N/c2ccc3c(c2)COCO3)c1. The fourth-order valence-corrected chi connectivity index (χ4v) is 2.75. The van der Waals surface area contributed by atoms with Crippen molar-refractivity contribution in [2.45, 2.75) is 6.61 Å². The molecule has 0 amide bonds. The molecule has 1 N–H and O–H groups in total. The molecule has 3 rings (SSSR count). The summed E-state index contributed by atoms with van der Waals surface area (Å²) in [4.78, 5) is 4.41. The molecule has 0 radical (unpaired) electrons. The van der Waals surface area contributed by atoms with Crippen molar-refractivity contribution in [1.82, 2.24) is 0 Å². The molecule has 0 saturated heterocycles. The summed E-state index contributed by atoms with van der Waals surface area (Å²) < 4.78 is 11.3. The molecule has 106 valence electrons. The van der Waals surface area contributed by atoms with E-state index in [0.717, 1.165) is 22.5 Å². The van der Waals surface area contributed by atoms with E-state index in [0.29, 0.717) is 23.4 Å². The first-order valence-electron chi connectivity index (χ1n) is 6.50. The number of rotatable bonds is 2. The Kier molecular flexibility index (Phi) is 3.99. The molecule has 21 heavy (non-hydrogen) atoms. The highest BCUT2D eigenvalue weighted by Crippen LogP contribution is 2.29. The zero-order valence-electron chi connectivity index (χ0n) is 11.5. The molecule has 0 spiro atoms. The molecule has 1 aliphatic heterocycles. The van der Waals surface area contributed by atoms with Crippen LogP contribution in [0.4, 0.5) is 5.69 Å². The Bertz CT molecular complexity index is 718. The highest BCUT2D eigenvalue weighted by atomic mass is 79.9. The van der Waals surface area contributed by atoms with Gasteiger partial charge in [0.05, 0.1) is 16.8 Å². The van der Waals surface area contributed by atoms with E-state index in [1.807, 2.05) is 38.2 Å². The van der Waals surface area contributed by atoms with Crippen LogP contribution in [0.15, 0.2) is 39.8 Å². The lowest BCUT2D eigenvalue weighted by atomic mass is 9.94. The lowest BCUT2D eigenvalue weighted by Crippen LogP contribution is -2.10. The predicted molar refractivity (Wildman–Crippen MR) is 88.0 cm³/mol. The first kappa shape index (κ1) is 14.2. The molecule has 0 aliphatic carbocycles. The fraction of sp³-hybridized carbons (Fsp3) is 0.133. The number of fused-ring (bicyclic) bond motifs is 1. The van der Waals surface area contributed by atoms with Gasteiger partial charge in [0.1, 0.15) is 19.3 Å². The van der Waals surface area contributed by atoms with Crippen molar-refractivity contribution in [3.63, 3.8) is 0 Å². The van der Waals surface area contributed by atoms with E-state index in [1.165, 1.54) is 0 Å². The van der Waals surface area contributed by atoms with Crippen LogP contribution < -0.4 is 10.2 Å². The maximum absolute atomic E-state index is 10.0. The van der Waals surface area contributed by atoms with Crippen molar-refractivity contribution in [2.24, 2.45) is 4.99 Å². The van der Waals surface area contributed by atoms with Crippen LogP contribution in [0.25, 0.3) is 0 Å². The van der Waals surface area contributed by atoms with E-state index in [1.54, 1.807) is 6.21 Å². The quantitative estimate of drug-likeness (QED) is 0.669. The van der Waals surface area contributed by atoms with E-state index < -0.39 is 0 Å². The van der Waals surface area contributed by atoms with Crippen molar-refractivity contribution in [3.05, 3.63) is 45.9 Å². The summed E-state index contributed by atoms with van der Waals surface area (Å²) in [5.41, 5.74) is 3.49. The fourth-order valence-electron chi connectivity index (χ4n) is 2.16. The summed E-state index contributed by atoms with van der Waals surface area (Å²) in [5.74, 6) is 1.02. The topological polar surface area (TPSA) is 51.1 Å². The Morgan fingerprint density at radius 2 is 2.14 bits per heavy atom. The molecule has 1 heterocycles. The largest absolute Gasteiger partial charge is 0.506 e. The Labute approximate surface area is 132 Å². The summed E-state index contributed by atoms with van der Waals surface area (Å²) in [5, 5.41) is 10.0. The average Bonchev–Trinajstić information content (AvgIpc) is 2.49. The lowest BCUT2D eigenvalue weighted by Gasteiger charge is -2.17. The summed E-state index contributed by atoms with van der Waals surface area (Å²) in [6, 6.07) is 9.43. The van der Waals surface area contributed by atoms with Gasteiger partial charge in [-0.3, -0.25) is 4.99 Å². The third-order valence-electron chi connectivity index (χ3n) is 3.19.